The molecule has 0 amide bonds. The molecular formula is C44H44N12P4. The topological polar surface area (TPSA) is 85.9 Å². The molecule has 0 spiro atoms. The highest BCUT2D eigenvalue weighted by atomic mass is 31.2. The number of nitrogens with one attached hydrogen (secondary N) is 4. The average molecular weight is 865 g/mol. The molecule has 1 aliphatic rings. The Balaban J connectivity index is 1.20. The summed E-state index contributed by atoms with van der Waals surface area (Å²) in [6.45, 7) is 0.942. The molecule has 0 radical (unpaired) electrons. The molecule has 7 aromatic heterocycles. The Morgan fingerprint density at radius 2 is 0.567 bits per heavy atom. The van der Waals surface area contributed by atoms with Gasteiger partial charge in [-0.3, -0.25) is 30.4 Å². The molecule has 2 aromatic carbocycles. The van der Waals surface area contributed by atoms with Crippen molar-refractivity contribution in [1.82, 2.24) is 35.0 Å². The molecule has 0 bridgehead atoms. The van der Waals surface area contributed by atoms with E-state index in [0.717, 1.165) is 46.8 Å². The molecule has 16 heteroatoms. The summed E-state index contributed by atoms with van der Waals surface area (Å²) < 4.78 is 18.3. The Bertz CT molecular complexity index is 2490. The Morgan fingerprint density at radius 3 is 0.817 bits per heavy atom. The quantitative estimate of drug-likeness (QED) is 0.0685. The van der Waals surface area contributed by atoms with E-state index in [4.69, 9.17) is 0 Å². The molecule has 1 atom stereocenters. The molecule has 0 fully saturated rings. The van der Waals surface area contributed by atoms with Gasteiger partial charge in [0.1, 0.15) is 0 Å². The average Bonchev–Trinajstić information content (AvgIpc) is 4.13. The molecule has 12 nitrogen and oxygen atoms in total. The van der Waals surface area contributed by atoms with E-state index in [0.29, 0.717) is 0 Å². The summed E-state index contributed by atoms with van der Waals surface area (Å²) in [7, 11) is -4.42. The third-order valence-corrected chi connectivity index (χ3v) is 17.5. The van der Waals surface area contributed by atoms with Crippen LogP contribution in [0.5, 0.6) is 0 Å². The molecule has 0 saturated carbocycles. The Labute approximate surface area is 354 Å². The monoisotopic (exact) mass is 864 g/mol. The lowest BCUT2D eigenvalue weighted by Gasteiger charge is -2.32. The molecule has 0 aliphatic carbocycles. The van der Waals surface area contributed by atoms with Crippen LogP contribution in [0.15, 0.2) is 220 Å². The molecule has 60 heavy (non-hydrogen) atoms. The third-order valence-electron chi connectivity index (χ3n) is 9.96. The molecule has 1 aliphatic heterocycles. The minimum atomic E-state index is -1.13. The SMILES string of the molecule is C1=CN(P(Nc2cccc(NP(n3cccc3)n3cccc3)c2-c2c(NP(n3cccc3)n3cccc3)cccc2NP(n2cccc2)n2cccc2)n2cccc2)CC1. The van der Waals surface area contributed by atoms with E-state index in [1.165, 1.54) is 0 Å². The van der Waals surface area contributed by atoms with Gasteiger partial charge in [-0.15, -0.1) is 0 Å². The summed E-state index contributed by atoms with van der Waals surface area (Å²) in [6.07, 6.45) is 35.5. The summed E-state index contributed by atoms with van der Waals surface area (Å²) in [5.41, 5.74) is 6.13. The zero-order valence-corrected chi connectivity index (χ0v) is 36.1. The minimum absolute atomic E-state index is 0.942. The van der Waals surface area contributed by atoms with Crippen LogP contribution in [0.3, 0.4) is 0 Å². The summed E-state index contributed by atoms with van der Waals surface area (Å²) in [6, 6.07) is 42.5. The lowest BCUT2D eigenvalue weighted by molar-refractivity contribution is 0.643. The van der Waals surface area contributed by atoms with E-state index in [9.17, 15) is 0 Å². The molecule has 9 aromatic rings. The van der Waals surface area contributed by atoms with Gasteiger partial charge < -0.3 is 25.0 Å². The lowest BCUT2D eigenvalue weighted by Crippen LogP contribution is -2.18. The van der Waals surface area contributed by atoms with Gasteiger partial charge in [-0.1, -0.05) is 18.2 Å². The third kappa shape index (κ3) is 7.95. The van der Waals surface area contributed by atoms with Crippen molar-refractivity contribution in [3.8, 4) is 11.1 Å². The van der Waals surface area contributed by atoms with Crippen LogP contribution in [-0.2, 0) is 0 Å². The molecule has 8 heterocycles. The summed E-state index contributed by atoms with van der Waals surface area (Å²) in [5.74, 6) is 0. The second-order valence-corrected chi connectivity index (χ2v) is 20.8. The van der Waals surface area contributed by atoms with E-state index in [1.807, 2.05) is 0 Å². The second kappa shape index (κ2) is 17.6. The van der Waals surface area contributed by atoms with Crippen LogP contribution in [0, 0.1) is 0 Å². The zero-order valence-electron chi connectivity index (χ0n) is 32.6. The fraction of sp³-hybridized carbons (Fsp3) is 0.0455. The van der Waals surface area contributed by atoms with Crippen LogP contribution in [0.4, 0.5) is 22.7 Å². The van der Waals surface area contributed by atoms with Gasteiger partial charge >= 0.3 is 0 Å². The second-order valence-electron chi connectivity index (χ2n) is 13.8. The minimum Gasteiger partial charge on any atom is -0.330 e. The van der Waals surface area contributed by atoms with Crippen LogP contribution in [0.2, 0.25) is 0 Å². The normalized spacial score (nSPS) is 13.2. The summed E-state index contributed by atoms with van der Waals surface area (Å²) in [5, 5.41) is 16.4. The van der Waals surface area contributed by atoms with Crippen molar-refractivity contribution in [2.24, 2.45) is 0 Å². The van der Waals surface area contributed by atoms with E-state index in [1.54, 1.807) is 0 Å². The molecule has 1 unspecified atom stereocenters. The van der Waals surface area contributed by atoms with Crippen LogP contribution in [0.1, 0.15) is 6.42 Å². The van der Waals surface area contributed by atoms with Crippen LogP contribution in [0.25, 0.3) is 11.1 Å². The maximum atomic E-state index is 4.14. The highest BCUT2D eigenvalue weighted by Crippen LogP contribution is 2.55. The van der Waals surface area contributed by atoms with Gasteiger partial charge in [-0.25, -0.2) is 0 Å². The van der Waals surface area contributed by atoms with Crippen LogP contribution in [-0.4, -0.2) is 41.6 Å². The summed E-state index contributed by atoms with van der Waals surface area (Å²) >= 11 is 0. The molecule has 10 rings (SSSR count). The van der Waals surface area contributed by atoms with E-state index in [-0.39, 0.29) is 0 Å². The van der Waals surface area contributed by atoms with Gasteiger partial charge in [0.15, 0.2) is 0 Å². The van der Waals surface area contributed by atoms with Gasteiger partial charge in [-0.2, -0.15) is 0 Å². The van der Waals surface area contributed by atoms with Gasteiger partial charge in [-0.05, 0) is 116 Å². The Kier molecular flexibility index (Phi) is 11.2. The predicted molar refractivity (Wildman–Crippen MR) is 253 cm³/mol. The summed E-state index contributed by atoms with van der Waals surface area (Å²) in [4.78, 5) is 0. The number of benzene rings is 2. The largest absolute Gasteiger partial charge is 0.330 e. The number of hydrogen-bond acceptors (Lipinski definition) is 5. The molecule has 0 saturated heterocycles. The van der Waals surface area contributed by atoms with E-state index >= 15 is 0 Å². The first-order valence-corrected chi connectivity index (χ1v) is 24.7. The number of anilines is 4. The van der Waals surface area contributed by atoms with Crippen molar-refractivity contribution in [2.75, 3.05) is 26.9 Å². The fourth-order valence-corrected chi connectivity index (χ4v) is 14.1. The maximum Gasteiger partial charge on any atom is 0.213 e. The number of aromatic nitrogens is 7. The number of hydrogen-bond donors (Lipinski definition) is 4. The number of rotatable bonds is 17. The van der Waals surface area contributed by atoms with E-state index in [2.05, 4.69) is 276 Å². The van der Waals surface area contributed by atoms with E-state index < -0.39 is 33.5 Å². The van der Waals surface area contributed by atoms with Crippen molar-refractivity contribution in [2.45, 2.75) is 6.42 Å². The fourth-order valence-electron chi connectivity index (χ4n) is 7.20. The Morgan fingerprint density at radius 1 is 0.317 bits per heavy atom. The molecule has 300 valence electrons. The van der Waals surface area contributed by atoms with Crippen molar-refractivity contribution in [3.63, 3.8) is 0 Å². The zero-order chi connectivity index (χ0) is 40.1. The highest BCUT2D eigenvalue weighted by molar-refractivity contribution is 7.57. The molecular weight excluding hydrogens is 820 g/mol. The van der Waals surface area contributed by atoms with Gasteiger partial charge in [0.25, 0.3) is 0 Å². The van der Waals surface area contributed by atoms with Crippen molar-refractivity contribution < 1.29 is 0 Å². The first-order chi connectivity index (χ1) is 29.8. The van der Waals surface area contributed by atoms with Crippen molar-refractivity contribution in [1.29, 1.82) is 0 Å². The smallest absolute Gasteiger partial charge is 0.213 e. The number of nitrogens with zero attached hydrogens (tertiary/aromatic N) is 8. The van der Waals surface area contributed by atoms with Gasteiger partial charge in [0.2, 0.25) is 33.5 Å². The maximum absolute atomic E-state index is 4.14. The predicted octanol–water partition coefficient (Wildman–Crippen LogP) is 12.6. The van der Waals surface area contributed by atoms with Crippen molar-refractivity contribution in [3.05, 3.63) is 220 Å². The first kappa shape index (κ1) is 38.1. The first-order valence-electron chi connectivity index (χ1n) is 19.7. The van der Waals surface area contributed by atoms with Gasteiger partial charge in [0, 0.05) is 111 Å². The van der Waals surface area contributed by atoms with Gasteiger partial charge in [0.05, 0.1) is 22.7 Å². The van der Waals surface area contributed by atoms with Crippen LogP contribution < -0.4 is 20.3 Å². The highest BCUT2D eigenvalue weighted by Gasteiger charge is 2.28. The lowest BCUT2D eigenvalue weighted by atomic mass is 9.98. The molecule has 4 N–H and O–H groups in total. The van der Waals surface area contributed by atoms with Crippen LogP contribution >= 0.6 is 33.5 Å². The van der Waals surface area contributed by atoms with Crippen molar-refractivity contribution >= 4 is 56.2 Å². The standard InChI is InChI=1S/C44H44N12P4/c1-2-24-49(23-1)57(50-25-3-4-26-50)45-39-19-17-20-40(46-58(51-27-5-6-28-51)52-29-7-8-30-52)43(39)44-41(47-59(53-31-9-10-32-53)54-33-11-12-34-54)21-18-22-42(44)48-60(55-35-13-14-36-55)56-37-15-16-38-56/h1-15,17-37,45-48H,16,38H2. The Hall–Kier alpha value is -6.14.